The van der Waals surface area contributed by atoms with E-state index in [1.165, 1.54) is 0 Å². The second-order valence-corrected chi connectivity index (χ2v) is 5.97. The van der Waals surface area contributed by atoms with E-state index in [4.69, 9.17) is 26.8 Å². The fourth-order valence-corrected chi connectivity index (χ4v) is 3.10. The first-order valence-corrected chi connectivity index (χ1v) is 7.84. The van der Waals surface area contributed by atoms with Crippen LogP contribution in [0.5, 0.6) is 11.5 Å². The van der Waals surface area contributed by atoms with Gasteiger partial charge < -0.3 is 15.2 Å². The van der Waals surface area contributed by atoms with Gasteiger partial charge in [0.05, 0.1) is 17.2 Å². The van der Waals surface area contributed by atoms with Crippen molar-refractivity contribution in [2.75, 3.05) is 18.9 Å². The van der Waals surface area contributed by atoms with Crippen molar-refractivity contribution in [1.29, 1.82) is 0 Å². The molecule has 2 aliphatic rings. The maximum Gasteiger partial charge on any atom is 0.244 e. The second-order valence-electron chi connectivity index (χ2n) is 5.56. The van der Waals surface area contributed by atoms with Gasteiger partial charge in [0.1, 0.15) is 13.2 Å². The monoisotopic (exact) mass is 343 g/mol. The molecule has 7 heteroatoms. The van der Waals surface area contributed by atoms with Gasteiger partial charge >= 0.3 is 0 Å². The normalized spacial score (nSPS) is 15.9. The number of hydrogen-bond donors (Lipinski definition) is 2. The summed E-state index contributed by atoms with van der Waals surface area (Å²) in [6.45, 7) is 0.973. The molecule has 0 atom stereocenters. The number of anilines is 1. The number of nitrogens with one attached hydrogen (secondary N) is 1. The largest absolute Gasteiger partial charge is 0.486 e. The van der Waals surface area contributed by atoms with Gasteiger partial charge in [-0.1, -0.05) is 11.6 Å². The summed E-state index contributed by atoms with van der Waals surface area (Å²) < 4.78 is 11.3. The Morgan fingerprint density at radius 2 is 1.83 bits per heavy atom. The molecule has 2 heterocycles. The molecule has 6 nitrogen and oxygen atoms in total. The third-order valence-corrected chi connectivity index (χ3v) is 4.23. The van der Waals surface area contributed by atoms with Crippen molar-refractivity contribution in [3.63, 3.8) is 0 Å². The number of carbonyl (C=O) groups excluding carboxylic acids is 1. The minimum absolute atomic E-state index is 0.200. The van der Waals surface area contributed by atoms with E-state index < -0.39 is 0 Å². The van der Waals surface area contributed by atoms with Gasteiger partial charge in [-0.15, -0.1) is 0 Å². The average Bonchev–Trinajstić information content (AvgIpc) is 2.71. The first-order valence-electron chi connectivity index (χ1n) is 7.46. The van der Waals surface area contributed by atoms with Gasteiger partial charge in [-0.3, -0.25) is 4.79 Å². The van der Waals surface area contributed by atoms with Gasteiger partial charge in [0, 0.05) is 16.8 Å². The summed E-state index contributed by atoms with van der Waals surface area (Å²) in [6, 6.07) is 8.86. The van der Waals surface area contributed by atoms with Crippen molar-refractivity contribution < 1.29 is 14.3 Å². The molecule has 0 radical (unpaired) electrons. The number of halogens is 1. The van der Waals surface area contributed by atoms with Gasteiger partial charge in [0.2, 0.25) is 5.91 Å². The molecule has 3 N–H and O–H groups in total. The Bertz CT molecular complexity index is 880. The molecule has 122 valence electrons. The Morgan fingerprint density at radius 1 is 1.08 bits per heavy atom. The second kappa shape index (κ2) is 5.72. The molecule has 0 unspecified atom stereocenters. The smallest absolute Gasteiger partial charge is 0.244 e. The number of hydrazone groups is 1. The lowest BCUT2D eigenvalue weighted by molar-refractivity contribution is -0.120. The highest BCUT2D eigenvalue weighted by Gasteiger charge is 2.24. The molecular formula is C17H14ClN3O3. The van der Waals surface area contributed by atoms with Crippen molar-refractivity contribution in [2.45, 2.75) is 6.42 Å². The molecule has 0 saturated carbocycles. The first kappa shape index (κ1) is 14.8. The topological polar surface area (TPSA) is 85.9 Å². The average molecular weight is 344 g/mol. The Balaban J connectivity index is 1.91. The quantitative estimate of drug-likeness (QED) is 0.777. The molecule has 4 rings (SSSR count). The molecule has 0 bridgehead atoms. The highest BCUT2D eigenvalue weighted by Crippen LogP contribution is 2.36. The summed E-state index contributed by atoms with van der Waals surface area (Å²) in [6.07, 6.45) is 0.200. The predicted octanol–water partition coefficient (Wildman–Crippen LogP) is 2.12. The van der Waals surface area contributed by atoms with Gasteiger partial charge in [-0.25, -0.2) is 5.43 Å². The number of amides is 1. The summed E-state index contributed by atoms with van der Waals surface area (Å²) in [7, 11) is 0. The summed E-state index contributed by atoms with van der Waals surface area (Å²) in [5.41, 5.74) is 11.7. The van der Waals surface area contributed by atoms with Crippen LogP contribution in [0.3, 0.4) is 0 Å². The van der Waals surface area contributed by atoms with Crippen molar-refractivity contribution in [3.8, 4) is 11.5 Å². The molecule has 0 aromatic heterocycles. The van der Waals surface area contributed by atoms with E-state index in [0.717, 1.165) is 11.1 Å². The summed E-state index contributed by atoms with van der Waals surface area (Å²) in [5.74, 6) is 1.07. The zero-order chi connectivity index (χ0) is 16.7. The molecule has 2 aromatic carbocycles. The van der Waals surface area contributed by atoms with E-state index in [2.05, 4.69) is 10.5 Å². The molecule has 0 fully saturated rings. The Kier molecular flexibility index (Phi) is 3.54. The number of nitrogens with two attached hydrogens (primary N) is 1. The van der Waals surface area contributed by atoms with E-state index in [-0.39, 0.29) is 12.3 Å². The van der Waals surface area contributed by atoms with Gasteiger partial charge in [0.25, 0.3) is 0 Å². The molecule has 2 aromatic rings. The molecule has 0 aliphatic carbocycles. The van der Waals surface area contributed by atoms with Crippen LogP contribution in [0.25, 0.3) is 0 Å². The van der Waals surface area contributed by atoms with Crippen LogP contribution < -0.4 is 20.6 Å². The van der Waals surface area contributed by atoms with Crippen molar-refractivity contribution >= 4 is 28.9 Å². The highest BCUT2D eigenvalue weighted by atomic mass is 35.5. The zero-order valence-corrected chi connectivity index (χ0v) is 13.4. The summed E-state index contributed by atoms with van der Waals surface area (Å²) in [4.78, 5) is 12.0. The lowest BCUT2D eigenvalue weighted by atomic mass is 9.95. The molecule has 0 spiro atoms. The van der Waals surface area contributed by atoms with Gasteiger partial charge in [0.15, 0.2) is 11.5 Å². The number of hydrogen-bond acceptors (Lipinski definition) is 5. The van der Waals surface area contributed by atoms with Crippen LogP contribution in [-0.2, 0) is 11.2 Å². The summed E-state index contributed by atoms with van der Waals surface area (Å²) in [5, 5.41) is 4.71. The number of rotatable bonds is 1. The fourth-order valence-electron chi connectivity index (χ4n) is 2.82. The predicted molar refractivity (Wildman–Crippen MR) is 90.8 cm³/mol. The number of nitrogens with zero attached hydrogens (tertiary/aromatic N) is 1. The minimum atomic E-state index is -0.200. The molecule has 24 heavy (non-hydrogen) atoms. The lowest BCUT2D eigenvalue weighted by Gasteiger charge is -2.21. The standard InChI is InChI=1S/C17H14ClN3O3/c18-13-7-10(19)1-2-11(13)17-12-8-15-14(23-3-4-24-15)5-9(12)6-16(22)20-21-17/h1-2,5,7-8H,3-4,6,19H2,(H,20,22). The number of ether oxygens (including phenoxy) is 2. The number of carbonyl (C=O) groups is 1. The Hall–Kier alpha value is -2.73. The number of nitrogen functional groups attached to an aromatic ring is 1. The van der Waals surface area contributed by atoms with Crippen LogP contribution in [-0.4, -0.2) is 24.8 Å². The van der Waals surface area contributed by atoms with Crippen molar-refractivity contribution in [3.05, 3.63) is 52.0 Å². The number of benzene rings is 2. The zero-order valence-electron chi connectivity index (χ0n) is 12.6. The molecule has 2 aliphatic heterocycles. The third-order valence-electron chi connectivity index (χ3n) is 3.91. The van der Waals surface area contributed by atoms with Crippen LogP contribution in [0.2, 0.25) is 5.02 Å². The van der Waals surface area contributed by atoms with Crippen LogP contribution in [0.1, 0.15) is 16.7 Å². The Morgan fingerprint density at radius 3 is 2.58 bits per heavy atom. The molecular weight excluding hydrogens is 330 g/mol. The molecule has 1 amide bonds. The van der Waals surface area contributed by atoms with E-state index in [0.29, 0.717) is 46.7 Å². The summed E-state index contributed by atoms with van der Waals surface area (Å²) >= 11 is 6.33. The van der Waals surface area contributed by atoms with Gasteiger partial charge in [-0.05, 0) is 35.9 Å². The van der Waals surface area contributed by atoms with Crippen molar-refractivity contribution in [1.82, 2.24) is 5.43 Å². The highest BCUT2D eigenvalue weighted by molar-refractivity contribution is 6.36. The third kappa shape index (κ3) is 2.55. The maximum absolute atomic E-state index is 12.0. The van der Waals surface area contributed by atoms with E-state index in [1.807, 2.05) is 12.1 Å². The van der Waals surface area contributed by atoms with E-state index >= 15 is 0 Å². The van der Waals surface area contributed by atoms with E-state index in [9.17, 15) is 4.79 Å². The maximum atomic E-state index is 12.0. The van der Waals surface area contributed by atoms with Crippen LogP contribution in [0.15, 0.2) is 35.4 Å². The van der Waals surface area contributed by atoms with Crippen LogP contribution in [0, 0.1) is 0 Å². The van der Waals surface area contributed by atoms with Crippen LogP contribution >= 0.6 is 11.6 Å². The van der Waals surface area contributed by atoms with Gasteiger partial charge in [-0.2, -0.15) is 5.10 Å². The minimum Gasteiger partial charge on any atom is -0.486 e. The molecule has 0 saturated heterocycles. The van der Waals surface area contributed by atoms with Crippen LogP contribution in [0.4, 0.5) is 5.69 Å². The first-order chi connectivity index (χ1) is 11.6. The van der Waals surface area contributed by atoms with Crippen molar-refractivity contribution in [2.24, 2.45) is 5.10 Å². The lowest BCUT2D eigenvalue weighted by Crippen LogP contribution is -2.18. The fraction of sp³-hybridized carbons (Fsp3) is 0.176. The Labute approximate surface area is 143 Å². The van der Waals surface area contributed by atoms with E-state index in [1.54, 1.807) is 18.2 Å². The SMILES string of the molecule is Nc1ccc(C2=NNC(=O)Cc3cc4c(cc32)OCCO4)c(Cl)c1. The number of fused-ring (bicyclic) bond motifs is 2.